The first-order valence-corrected chi connectivity index (χ1v) is 8.23. The monoisotopic (exact) mass is 335 g/mol. The number of carboxylic acids is 1. The highest BCUT2D eigenvalue weighted by molar-refractivity contribution is 5.74. The summed E-state index contributed by atoms with van der Waals surface area (Å²) in [6.45, 7) is 2.06. The van der Waals surface area contributed by atoms with Crippen LogP contribution < -0.4 is 20.3 Å². The van der Waals surface area contributed by atoms with Crippen molar-refractivity contribution in [1.82, 2.24) is 10.6 Å². The normalized spacial score (nSPS) is 17.2. The van der Waals surface area contributed by atoms with Crippen LogP contribution in [0.5, 0.6) is 5.75 Å². The van der Waals surface area contributed by atoms with Gasteiger partial charge in [-0.1, -0.05) is 6.07 Å². The van der Waals surface area contributed by atoms with Gasteiger partial charge in [0.15, 0.2) is 0 Å². The van der Waals surface area contributed by atoms with Crippen molar-refractivity contribution in [3.63, 3.8) is 0 Å². The minimum atomic E-state index is -0.849. The number of aliphatic carboxylic acids is 1. The molecule has 2 rings (SSSR count). The van der Waals surface area contributed by atoms with Gasteiger partial charge in [-0.3, -0.25) is 4.79 Å². The van der Waals surface area contributed by atoms with Gasteiger partial charge in [-0.15, -0.1) is 0 Å². The number of anilines is 1. The van der Waals surface area contributed by atoms with Crippen LogP contribution in [0, 0.1) is 0 Å². The Morgan fingerprint density at radius 3 is 3.00 bits per heavy atom. The predicted octanol–water partition coefficient (Wildman–Crippen LogP) is 1.83. The minimum absolute atomic E-state index is 0.0628. The van der Waals surface area contributed by atoms with E-state index >= 15 is 0 Å². The van der Waals surface area contributed by atoms with Crippen LogP contribution in [0.1, 0.15) is 25.7 Å². The summed E-state index contributed by atoms with van der Waals surface area (Å²) in [5.74, 6) is -0.0304. The van der Waals surface area contributed by atoms with Gasteiger partial charge in [-0.05, 0) is 31.4 Å². The quantitative estimate of drug-likeness (QED) is 0.661. The number of methoxy groups -OCH3 is 1. The molecule has 0 spiro atoms. The molecule has 24 heavy (non-hydrogen) atoms. The molecule has 0 aliphatic carbocycles. The van der Waals surface area contributed by atoms with Crippen LogP contribution in [0.15, 0.2) is 24.3 Å². The molecule has 1 saturated heterocycles. The number of benzene rings is 1. The lowest BCUT2D eigenvalue weighted by Gasteiger charge is -2.34. The van der Waals surface area contributed by atoms with Crippen molar-refractivity contribution in [3.05, 3.63) is 24.3 Å². The predicted molar refractivity (Wildman–Crippen MR) is 91.6 cm³/mol. The fraction of sp³-hybridized carbons (Fsp3) is 0.529. The van der Waals surface area contributed by atoms with Gasteiger partial charge in [0, 0.05) is 43.9 Å². The highest BCUT2D eigenvalue weighted by atomic mass is 16.5. The van der Waals surface area contributed by atoms with E-state index in [1.807, 2.05) is 24.3 Å². The molecule has 1 atom stereocenters. The van der Waals surface area contributed by atoms with E-state index in [0.29, 0.717) is 13.0 Å². The highest BCUT2D eigenvalue weighted by Gasteiger charge is 2.21. The number of amides is 2. The number of hydrogen-bond acceptors (Lipinski definition) is 4. The van der Waals surface area contributed by atoms with E-state index in [2.05, 4.69) is 15.5 Å². The molecule has 7 heteroatoms. The van der Waals surface area contributed by atoms with Gasteiger partial charge in [0.2, 0.25) is 0 Å². The summed E-state index contributed by atoms with van der Waals surface area (Å²) in [5.41, 5.74) is 1.09. The van der Waals surface area contributed by atoms with Crippen LogP contribution in [-0.2, 0) is 4.79 Å². The second-order valence-corrected chi connectivity index (χ2v) is 5.88. The van der Waals surface area contributed by atoms with Crippen LogP contribution in [-0.4, -0.2) is 49.9 Å². The van der Waals surface area contributed by atoms with E-state index in [9.17, 15) is 9.59 Å². The Kier molecular flexibility index (Phi) is 6.72. The number of urea groups is 1. The summed E-state index contributed by atoms with van der Waals surface area (Å²) < 4.78 is 5.26. The zero-order valence-electron chi connectivity index (χ0n) is 14.0. The van der Waals surface area contributed by atoms with Gasteiger partial charge >= 0.3 is 12.0 Å². The van der Waals surface area contributed by atoms with Crippen molar-refractivity contribution in [1.29, 1.82) is 0 Å². The van der Waals surface area contributed by atoms with Gasteiger partial charge in [-0.25, -0.2) is 4.79 Å². The van der Waals surface area contributed by atoms with Gasteiger partial charge in [-0.2, -0.15) is 0 Å². The molecule has 1 fully saturated rings. The van der Waals surface area contributed by atoms with Crippen LogP contribution in [0.25, 0.3) is 0 Å². The topological polar surface area (TPSA) is 90.9 Å². The number of hydrogen-bond donors (Lipinski definition) is 3. The van der Waals surface area contributed by atoms with Crippen molar-refractivity contribution < 1.29 is 19.4 Å². The third-order valence-electron chi connectivity index (χ3n) is 4.03. The summed E-state index contributed by atoms with van der Waals surface area (Å²) >= 11 is 0. The summed E-state index contributed by atoms with van der Waals surface area (Å²) in [6.07, 6.45) is 2.43. The first kappa shape index (κ1) is 17.9. The second-order valence-electron chi connectivity index (χ2n) is 5.88. The maximum Gasteiger partial charge on any atom is 0.315 e. The molecule has 0 aromatic heterocycles. The van der Waals surface area contributed by atoms with E-state index in [1.54, 1.807) is 7.11 Å². The van der Waals surface area contributed by atoms with Gasteiger partial charge in [0.1, 0.15) is 5.75 Å². The zero-order valence-corrected chi connectivity index (χ0v) is 14.0. The average Bonchev–Trinajstić information content (AvgIpc) is 2.59. The lowest BCUT2D eigenvalue weighted by atomic mass is 10.0. The van der Waals surface area contributed by atoms with Crippen molar-refractivity contribution in [2.24, 2.45) is 0 Å². The van der Waals surface area contributed by atoms with Crippen LogP contribution in [0.2, 0.25) is 0 Å². The molecule has 1 aliphatic heterocycles. The van der Waals surface area contributed by atoms with E-state index in [0.717, 1.165) is 37.4 Å². The third kappa shape index (κ3) is 5.64. The number of nitrogens with zero attached hydrogens (tertiary/aromatic N) is 1. The van der Waals surface area contributed by atoms with Crippen molar-refractivity contribution in [3.8, 4) is 5.75 Å². The molecular weight excluding hydrogens is 310 g/mol. The molecule has 0 radical (unpaired) electrons. The Balaban J connectivity index is 1.80. The van der Waals surface area contributed by atoms with E-state index < -0.39 is 5.97 Å². The van der Waals surface area contributed by atoms with E-state index in [4.69, 9.17) is 9.84 Å². The maximum atomic E-state index is 11.9. The average molecular weight is 335 g/mol. The number of piperidine rings is 1. The maximum absolute atomic E-state index is 11.9. The number of carbonyl (C=O) groups is 2. The number of carboxylic acid groups (broad SMARTS) is 1. The first-order chi connectivity index (χ1) is 11.6. The number of rotatable bonds is 7. The fourth-order valence-electron chi connectivity index (χ4n) is 2.81. The molecular formula is C17H25N3O4. The Bertz CT molecular complexity index is 565. The molecule has 1 aromatic carbocycles. The van der Waals surface area contributed by atoms with Crippen molar-refractivity contribution >= 4 is 17.7 Å². The SMILES string of the molecule is COc1cccc(N2CCCC(NC(=O)NCCCC(=O)O)C2)c1. The Morgan fingerprint density at radius 1 is 1.42 bits per heavy atom. The molecule has 1 aromatic rings. The van der Waals surface area contributed by atoms with Gasteiger partial charge in [0.05, 0.1) is 7.11 Å². The first-order valence-electron chi connectivity index (χ1n) is 8.23. The van der Waals surface area contributed by atoms with E-state index in [-0.39, 0.29) is 18.5 Å². The summed E-state index contributed by atoms with van der Waals surface area (Å²) in [5, 5.41) is 14.2. The summed E-state index contributed by atoms with van der Waals surface area (Å²) in [4.78, 5) is 24.6. The lowest BCUT2D eigenvalue weighted by molar-refractivity contribution is -0.137. The number of ether oxygens (including phenoxy) is 1. The van der Waals surface area contributed by atoms with Crippen LogP contribution >= 0.6 is 0 Å². The largest absolute Gasteiger partial charge is 0.497 e. The molecule has 3 N–H and O–H groups in total. The van der Waals surface area contributed by atoms with Crippen LogP contribution in [0.4, 0.5) is 10.5 Å². The minimum Gasteiger partial charge on any atom is -0.497 e. The lowest BCUT2D eigenvalue weighted by Crippen LogP contribution is -2.50. The summed E-state index contributed by atoms with van der Waals surface area (Å²) in [7, 11) is 1.65. The molecule has 2 amide bonds. The fourth-order valence-corrected chi connectivity index (χ4v) is 2.81. The molecule has 132 valence electrons. The zero-order chi connectivity index (χ0) is 17.4. The van der Waals surface area contributed by atoms with Gasteiger partial charge < -0.3 is 25.4 Å². The van der Waals surface area contributed by atoms with Crippen molar-refractivity contribution in [2.45, 2.75) is 31.7 Å². The Morgan fingerprint density at radius 2 is 2.25 bits per heavy atom. The standard InChI is InChI=1S/C17H25N3O4/c1-24-15-7-2-6-14(11-15)20-10-4-5-13(12-20)19-17(23)18-9-3-8-16(21)22/h2,6-7,11,13H,3-5,8-10,12H2,1H3,(H,21,22)(H2,18,19,23). The molecule has 0 saturated carbocycles. The van der Waals surface area contributed by atoms with E-state index in [1.165, 1.54) is 0 Å². The Labute approximate surface area is 142 Å². The molecule has 1 unspecified atom stereocenters. The Hall–Kier alpha value is -2.44. The summed E-state index contributed by atoms with van der Waals surface area (Å²) in [6, 6.07) is 7.74. The molecule has 0 bridgehead atoms. The third-order valence-corrected chi connectivity index (χ3v) is 4.03. The van der Waals surface area contributed by atoms with Gasteiger partial charge in [0.25, 0.3) is 0 Å². The molecule has 7 nitrogen and oxygen atoms in total. The smallest absolute Gasteiger partial charge is 0.315 e. The second kappa shape index (κ2) is 9.00. The molecule has 1 heterocycles. The molecule has 1 aliphatic rings. The highest BCUT2D eigenvalue weighted by Crippen LogP contribution is 2.24. The number of nitrogens with one attached hydrogen (secondary N) is 2. The van der Waals surface area contributed by atoms with Crippen LogP contribution in [0.3, 0.4) is 0 Å². The number of carbonyl (C=O) groups excluding carboxylic acids is 1. The van der Waals surface area contributed by atoms with Crippen molar-refractivity contribution in [2.75, 3.05) is 31.6 Å².